The molecule has 0 fully saturated rings. The molecule has 1 rings (SSSR count). The fourth-order valence-corrected chi connectivity index (χ4v) is 2.72. The Morgan fingerprint density at radius 3 is 2.05 bits per heavy atom. The van der Waals surface area contributed by atoms with Gasteiger partial charge in [0.25, 0.3) is 0 Å². The molecule has 0 heterocycles. The SMILES string of the molecule is CCCc1ccccc1NC(CC(C)C)CC(C)C. The van der Waals surface area contributed by atoms with Gasteiger partial charge in [-0.3, -0.25) is 0 Å². The van der Waals surface area contributed by atoms with Crippen LogP contribution in [0.4, 0.5) is 5.69 Å². The molecule has 108 valence electrons. The first-order valence-electron chi connectivity index (χ1n) is 7.87. The zero-order valence-electron chi connectivity index (χ0n) is 13.4. The van der Waals surface area contributed by atoms with E-state index in [9.17, 15) is 0 Å². The second kappa shape index (κ2) is 8.24. The third-order valence-electron chi connectivity index (χ3n) is 3.41. The van der Waals surface area contributed by atoms with E-state index < -0.39 is 0 Å². The zero-order chi connectivity index (χ0) is 14.3. The fraction of sp³-hybridized carbons (Fsp3) is 0.667. The van der Waals surface area contributed by atoms with Crippen LogP contribution in [0.25, 0.3) is 0 Å². The first-order valence-corrected chi connectivity index (χ1v) is 7.87. The van der Waals surface area contributed by atoms with Crippen molar-refractivity contribution in [2.24, 2.45) is 11.8 Å². The van der Waals surface area contributed by atoms with E-state index in [0.717, 1.165) is 11.8 Å². The lowest BCUT2D eigenvalue weighted by Crippen LogP contribution is -2.24. The van der Waals surface area contributed by atoms with Crippen molar-refractivity contribution in [2.75, 3.05) is 5.32 Å². The highest BCUT2D eigenvalue weighted by atomic mass is 14.9. The lowest BCUT2D eigenvalue weighted by molar-refractivity contribution is 0.442. The topological polar surface area (TPSA) is 12.0 Å². The Balaban J connectivity index is 2.76. The molecule has 0 aliphatic heterocycles. The minimum atomic E-state index is 0.595. The summed E-state index contributed by atoms with van der Waals surface area (Å²) in [5.41, 5.74) is 2.80. The minimum absolute atomic E-state index is 0.595. The van der Waals surface area contributed by atoms with Gasteiger partial charge in [0, 0.05) is 11.7 Å². The molecule has 1 aromatic rings. The largest absolute Gasteiger partial charge is 0.382 e. The van der Waals surface area contributed by atoms with Crippen molar-refractivity contribution in [2.45, 2.75) is 66.3 Å². The van der Waals surface area contributed by atoms with Crippen LogP contribution < -0.4 is 5.32 Å². The molecular weight excluding hydrogens is 230 g/mol. The van der Waals surface area contributed by atoms with Gasteiger partial charge in [0.2, 0.25) is 0 Å². The van der Waals surface area contributed by atoms with Gasteiger partial charge in [-0.15, -0.1) is 0 Å². The van der Waals surface area contributed by atoms with Gasteiger partial charge in [0.1, 0.15) is 0 Å². The molecule has 0 aromatic heterocycles. The minimum Gasteiger partial charge on any atom is -0.382 e. The predicted molar refractivity (Wildman–Crippen MR) is 86.8 cm³/mol. The van der Waals surface area contributed by atoms with E-state index in [4.69, 9.17) is 0 Å². The maximum Gasteiger partial charge on any atom is 0.0374 e. The van der Waals surface area contributed by atoms with E-state index in [1.807, 2.05) is 0 Å². The number of nitrogens with one attached hydrogen (secondary N) is 1. The molecule has 0 amide bonds. The molecule has 0 saturated carbocycles. The van der Waals surface area contributed by atoms with Crippen molar-refractivity contribution in [3.63, 3.8) is 0 Å². The van der Waals surface area contributed by atoms with Gasteiger partial charge in [-0.25, -0.2) is 0 Å². The lowest BCUT2D eigenvalue weighted by atomic mass is 9.95. The van der Waals surface area contributed by atoms with Crippen LogP contribution in [-0.4, -0.2) is 6.04 Å². The van der Waals surface area contributed by atoms with Crippen LogP contribution in [0.2, 0.25) is 0 Å². The van der Waals surface area contributed by atoms with E-state index in [-0.39, 0.29) is 0 Å². The fourth-order valence-electron chi connectivity index (χ4n) is 2.72. The van der Waals surface area contributed by atoms with Crippen molar-refractivity contribution in [1.29, 1.82) is 0 Å². The quantitative estimate of drug-likeness (QED) is 0.650. The number of aryl methyl sites for hydroxylation is 1. The first-order chi connectivity index (χ1) is 9.02. The molecule has 0 unspecified atom stereocenters. The smallest absolute Gasteiger partial charge is 0.0374 e. The molecule has 0 aliphatic rings. The summed E-state index contributed by atoms with van der Waals surface area (Å²) in [4.78, 5) is 0. The number of benzene rings is 1. The molecule has 1 aromatic carbocycles. The van der Waals surface area contributed by atoms with E-state index >= 15 is 0 Å². The van der Waals surface area contributed by atoms with Gasteiger partial charge in [0.15, 0.2) is 0 Å². The Labute approximate surface area is 119 Å². The Kier molecular flexibility index (Phi) is 6.97. The summed E-state index contributed by atoms with van der Waals surface area (Å²) >= 11 is 0. The van der Waals surface area contributed by atoms with Gasteiger partial charge in [-0.1, -0.05) is 59.2 Å². The second-order valence-corrected chi connectivity index (χ2v) is 6.51. The van der Waals surface area contributed by atoms with Crippen LogP contribution in [0, 0.1) is 11.8 Å². The Morgan fingerprint density at radius 2 is 1.53 bits per heavy atom. The summed E-state index contributed by atoms with van der Waals surface area (Å²) in [6, 6.07) is 9.38. The van der Waals surface area contributed by atoms with Gasteiger partial charge in [-0.2, -0.15) is 0 Å². The maximum atomic E-state index is 3.80. The predicted octanol–water partition coefficient (Wildman–Crippen LogP) is 5.51. The van der Waals surface area contributed by atoms with Crippen LogP contribution in [0.5, 0.6) is 0 Å². The van der Waals surface area contributed by atoms with E-state index in [2.05, 4.69) is 64.2 Å². The number of rotatable bonds is 8. The van der Waals surface area contributed by atoms with E-state index in [1.165, 1.54) is 36.9 Å². The molecule has 1 N–H and O–H groups in total. The molecule has 0 bridgehead atoms. The summed E-state index contributed by atoms with van der Waals surface area (Å²) in [6.07, 6.45) is 4.87. The Hall–Kier alpha value is -0.980. The molecule has 0 saturated heterocycles. The molecule has 0 radical (unpaired) electrons. The summed E-state index contributed by atoms with van der Waals surface area (Å²) in [6.45, 7) is 11.5. The molecule has 0 atom stereocenters. The van der Waals surface area contributed by atoms with Crippen molar-refractivity contribution in [3.05, 3.63) is 29.8 Å². The number of hydrogen-bond acceptors (Lipinski definition) is 1. The molecule has 0 spiro atoms. The molecule has 19 heavy (non-hydrogen) atoms. The average molecular weight is 261 g/mol. The highest BCUT2D eigenvalue weighted by Gasteiger charge is 2.14. The summed E-state index contributed by atoms with van der Waals surface area (Å²) in [5, 5.41) is 3.80. The Bertz CT molecular complexity index is 344. The van der Waals surface area contributed by atoms with Gasteiger partial charge in [0.05, 0.1) is 0 Å². The Morgan fingerprint density at radius 1 is 0.947 bits per heavy atom. The van der Waals surface area contributed by atoms with Crippen molar-refractivity contribution in [1.82, 2.24) is 0 Å². The first kappa shape index (κ1) is 16.1. The van der Waals surface area contributed by atoms with Gasteiger partial charge in [-0.05, 0) is 42.7 Å². The number of anilines is 1. The van der Waals surface area contributed by atoms with Crippen molar-refractivity contribution >= 4 is 5.69 Å². The highest BCUT2D eigenvalue weighted by molar-refractivity contribution is 5.51. The molecule has 1 heteroatoms. The van der Waals surface area contributed by atoms with Crippen LogP contribution in [0.3, 0.4) is 0 Å². The standard InChI is InChI=1S/C18H31N/c1-6-9-16-10-7-8-11-18(16)19-17(12-14(2)3)13-15(4)5/h7-8,10-11,14-15,17,19H,6,9,12-13H2,1-5H3. The maximum absolute atomic E-state index is 3.80. The highest BCUT2D eigenvalue weighted by Crippen LogP contribution is 2.22. The van der Waals surface area contributed by atoms with Gasteiger partial charge >= 0.3 is 0 Å². The van der Waals surface area contributed by atoms with E-state index in [1.54, 1.807) is 0 Å². The molecule has 0 aliphatic carbocycles. The number of hydrogen-bond donors (Lipinski definition) is 1. The second-order valence-electron chi connectivity index (χ2n) is 6.51. The van der Waals surface area contributed by atoms with E-state index in [0.29, 0.717) is 6.04 Å². The summed E-state index contributed by atoms with van der Waals surface area (Å²) in [7, 11) is 0. The third kappa shape index (κ3) is 6.13. The van der Waals surface area contributed by atoms with Crippen molar-refractivity contribution in [3.8, 4) is 0 Å². The van der Waals surface area contributed by atoms with Crippen LogP contribution in [-0.2, 0) is 6.42 Å². The number of para-hydroxylation sites is 1. The molecule has 1 nitrogen and oxygen atoms in total. The van der Waals surface area contributed by atoms with Gasteiger partial charge < -0.3 is 5.32 Å². The third-order valence-corrected chi connectivity index (χ3v) is 3.41. The van der Waals surface area contributed by atoms with Crippen LogP contribution in [0.1, 0.15) is 59.4 Å². The summed E-state index contributed by atoms with van der Waals surface area (Å²) in [5.74, 6) is 1.49. The average Bonchev–Trinajstić information content (AvgIpc) is 2.30. The monoisotopic (exact) mass is 261 g/mol. The summed E-state index contributed by atoms with van der Waals surface area (Å²) < 4.78 is 0. The molecular formula is C18H31N. The lowest BCUT2D eigenvalue weighted by Gasteiger charge is -2.25. The zero-order valence-corrected chi connectivity index (χ0v) is 13.4. The van der Waals surface area contributed by atoms with Crippen LogP contribution in [0.15, 0.2) is 24.3 Å². The normalized spacial score (nSPS) is 11.6. The van der Waals surface area contributed by atoms with Crippen molar-refractivity contribution < 1.29 is 0 Å². The van der Waals surface area contributed by atoms with Crippen LogP contribution >= 0.6 is 0 Å².